The van der Waals surface area contributed by atoms with E-state index >= 15 is 0 Å². The monoisotopic (exact) mass is 232 g/mol. The van der Waals surface area contributed by atoms with E-state index in [-0.39, 0.29) is 17.4 Å². The largest absolute Gasteiger partial charge is 0.358 e. The van der Waals surface area contributed by atoms with Gasteiger partial charge < -0.3 is 4.90 Å². The Kier molecular flexibility index (Phi) is 1.94. The molecule has 17 heavy (non-hydrogen) atoms. The Hall–Kier alpha value is -1.42. The number of fused-ring (bicyclic) bond motifs is 3. The molecule has 4 nitrogen and oxygen atoms in total. The molecule has 4 heteroatoms. The quantitative estimate of drug-likeness (QED) is 0.452. The molecule has 2 aliphatic heterocycles. The second kappa shape index (κ2) is 3.07. The van der Waals surface area contributed by atoms with Gasteiger partial charge in [-0.05, 0) is 25.1 Å². The molecular formula is C13H16N2O2. The van der Waals surface area contributed by atoms with Gasteiger partial charge in [0.1, 0.15) is 0 Å². The Bertz CT molecular complexity index is 492. The summed E-state index contributed by atoms with van der Waals surface area (Å²) >= 11 is 0. The molecule has 1 aliphatic carbocycles. The summed E-state index contributed by atoms with van der Waals surface area (Å²) in [5.74, 6) is -0.782. The van der Waals surface area contributed by atoms with Crippen LogP contribution in [0.3, 0.4) is 0 Å². The molecule has 0 amide bonds. The first-order valence-corrected chi connectivity index (χ1v) is 5.91. The van der Waals surface area contributed by atoms with Crippen molar-refractivity contribution in [1.82, 2.24) is 9.80 Å². The van der Waals surface area contributed by atoms with Gasteiger partial charge in [-0.25, -0.2) is 0 Å². The van der Waals surface area contributed by atoms with Crippen LogP contribution in [0.2, 0.25) is 0 Å². The highest BCUT2D eigenvalue weighted by molar-refractivity contribution is 6.46. The topological polar surface area (TPSA) is 40.6 Å². The summed E-state index contributed by atoms with van der Waals surface area (Å²) in [7, 11) is 4.09. The van der Waals surface area contributed by atoms with Crippen LogP contribution in [-0.2, 0) is 9.59 Å². The summed E-state index contributed by atoms with van der Waals surface area (Å²) < 4.78 is 0. The number of carbonyl (C=O) groups is 2. The van der Waals surface area contributed by atoms with Crippen LogP contribution in [0.25, 0.3) is 0 Å². The number of rotatable bonds is 0. The lowest BCUT2D eigenvalue weighted by atomic mass is 9.79. The number of hydrogen-bond donors (Lipinski definition) is 0. The molecule has 90 valence electrons. The maximum Gasteiger partial charge on any atom is 0.227 e. The normalized spacial score (nSPS) is 36.9. The van der Waals surface area contributed by atoms with E-state index in [2.05, 4.69) is 23.8 Å². The standard InChI is InChI=1S/C13H16N2O2/c1-13-4-5-14(2)12(13)15(3)9-7-11(17)10(16)6-8(9)13/h6-7,12H,4-5H2,1-3H3/t12-,13+/m1/s1. The molecule has 2 heterocycles. The van der Waals surface area contributed by atoms with Gasteiger partial charge in [-0.2, -0.15) is 0 Å². The fraction of sp³-hybridized carbons (Fsp3) is 0.538. The van der Waals surface area contributed by atoms with Gasteiger partial charge in [0.2, 0.25) is 11.6 Å². The van der Waals surface area contributed by atoms with E-state index in [1.807, 2.05) is 7.05 Å². The van der Waals surface area contributed by atoms with Gasteiger partial charge in [0, 0.05) is 30.8 Å². The maximum atomic E-state index is 11.6. The molecule has 2 saturated heterocycles. The highest BCUT2D eigenvalue weighted by Crippen LogP contribution is 2.53. The third kappa shape index (κ3) is 1.16. The summed E-state index contributed by atoms with van der Waals surface area (Å²) in [5.41, 5.74) is 1.94. The van der Waals surface area contributed by atoms with Crippen molar-refractivity contribution in [3.8, 4) is 0 Å². The van der Waals surface area contributed by atoms with Crippen molar-refractivity contribution in [3.05, 3.63) is 23.4 Å². The molecule has 2 fully saturated rings. The lowest BCUT2D eigenvalue weighted by Crippen LogP contribution is -2.41. The molecule has 0 unspecified atom stereocenters. The SMILES string of the molecule is CN1CC[C@@]2(C)C3=CC(=O)C(=O)C=C3N(C)[C@@H]12. The average Bonchev–Trinajstić information content (AvgIpc) is 2.67. The second-order valence-electron chi connectivity index (χ2n) is 5.45. The minimum Gasteiger partial charge on any atom is -0.358 e. The fourth-order valence-corrected chi connectivity index (χ4v) is 3.57. The fourth-order valence-electron chi connectivity index (χ4n) is 3.57. The summed E-state index contributed by atoms with van der Waals surface area (Å²) in [5, 5.41) is 0. The first-order valence-electron chi connectivity index (χ1n) is 5.91. The molecule has 0 aromatic rings. The minimum absolute atomic E-state index is 0.0221. The van der Waals surface area contributed by atoms with Gasteiger partial charge in [0.15, 0.2) is 0 Å². The third-order valence-electron chi connectivity index (χ3n) is 4.40. The lowest BCUT2D eigenvalue weighted by Gasteiger charge is -2.31. The number of likely N-dealkylation sites (tertiary alicyclic amines) is 2. The molecule has 3 rings (SSSR count). The predicted molar refractivity (Wildman–Crippen MR) is 63.1 cm³/mol. The van der Waals surface area contributed by atoms with Crippen LogP contribution in [0.4, 0.5) is 0 Å². The predicted octanol–water partition coefficient (Wildman–Crippen LogP) is 0.562. The van der Waals surface area contributed by atoms with Gasteiger partial charge >= 0.3 is 0 Å². The zero-order valence-corrected chi connectivity index (χ0v) is 10.4. The Labute approximate surface area is 101 Å². The number of allylic oxidation sites excluding steroid dienone is 3. The van der Waals surface area contributed by atoms with E-state index in [0.29, 0.717) is 0 Å². The van der Waals surface area contributed by atoms with E-state index < -0.39 is 5.78 Å². The van der Waals surface area contributed by atoms with Crippen molar-refractivity contribution in [3.63, 3.8) is 0 Å². The van der Waals surface area contributed by atoms with Crippen LogP contribution in [-0.4, -0.2) is 48.2 Å². The van der Waals surface area contributed by atoms with Crippen molar-refractivity contribution in [2.45, 2.75) is 19.5 Å². The zero-order chi connectivity index (χ0) is 12.4. The molecule has 0 radical (unpaired) electrons. The van der Waals surface area contributed by atoms with E-state index in [0.717, 1.165) is 24.2 Å². The Morgan fingerprint density at radius 1 is 1.24 bits per heavy atom. The van der Waals surface area contributed by atoms with Gasteiger partial charge in [-0.1, -0.05) is 6.92 Å². The molecule has 0 spiro atoms. The van der Waals surface area contributed by atoms with Gasteiger partial charge in [-0.3, -0.25) is 14.5 Å². The van der Waals surface area contributed by atoms with Crippen molar-refractivity contribution in [1.29, 1.82) is 0 Å². The molecular weight excluding hydrogens is 216 g/mol. The van der Waals surface area contributed by atoms with Crippen LogP contribution < -0.4 is 0 Å². The van der Waals surface area contributed by atoms with Gasteiger partial charge in [-0.15, -0.1) is 0 Å². The first kappa shape index (κ1) is 10.7. The summed E-state index contributed by atoms with van der Waals surface area (Å²) in [6.45, 7) is 3.21. The summed E-state index contributed by atoms with van der Waals surface area (Å²) in [6, 6.07) is 0. The molecule has 3 aliphatic rings. The summed E-state index contributed by atoms with van der Waals surface area (Å²) in [6.07, 6.45) is 4.34. The molecule has 0 aromatic carbocycles. The molecule has 2 atom stereocenters. The van der Waals surface area contributed by atoms with Gasteiger partial charge in [0.25, 0.3) is 0 Å². The maximum absolute atomic E-state index is 11.6. The Balaban J connectivity index is 2.17. The number of nitrogens with zero attached hydrogens (tertiary/aromatic N) is 2. The second-order valence-corrected chi connectivity index (χ2v) is 5.45. The van der Waals surface area contributed by atoms with Crippen LogP contribution in [0.1, 0.15) is 13.3 Å². The zero-order valence-electron chi connectivity index (χ0n) is 10.4. The lowest BCUT2D eigenvalue weighted by molar-refractivity contribution is -0.131. The van der Waals surface area contributed by atoms with Crippen molar-refractivity contribution < 1.29 is 9.59 Å². The number of hydrogen-bond acceptors (Lipinski definition) is 4. The average molecular weight is 232 g/mol. The van der Waals surface area contributed by atoms with Gasteiger partial charge in [0.05, 0.1) is 6.17 Å². The molecule has 0 aromatic heterocycles. The Morgan fingerprint density at radius 2 is 1.88 bits per heavy atom. The number of likely N-dealkylation sites (N-methyl/N-ethyl adjacent to an activating group) is 1. The van der Waals surface area contributed by atoms with Crippen LogP contribution in [0.15, 0.2) is 23.4 Å². The van der Waals surface area contributed by atoms with Crippen molar-refractivity contribution in [2.24, 2.45) is 5.41 Å². The van der Waals surface area contributed by atoms with E-state index in [9.17, 15) is 9.59 Å². The molecule has 0 saturated carbocycles. The minimum atomic E-state index is -0.401. The molecule has 0 bridgehead atoms. The highest BCUT2D eigenvalue weighted by Gasteiger charge is 2.55. The van der Waals surface area contributed by atoms with Crippen LogP contribution in [0.5, 0.6) is 0 Å². The van der Waals surface area contributed by atoms with Crippen molar-refractivity contribution >= 4 is 11.6 Å². The number of ketones is 2. The molecule has 0 N–H and O–H groups in total. The third-order valence-corrected chi connectivity index (χ3v) is 4.40. The highest BCUT2D eigenvalue weighted by atomic mass is 16.2. The first-order chi connectivity index (χ1) is 7.95. The number of carbonyl (C=O) groups excluding carboxylic acids is 2. The smallest absolute Gasteiger partial charge is 0.227 e. The van der Waals surface area contributed by atoms with E-state index in [4.69, 9.17) is 0 Å². The Morgan fingerprint density at radius 3 is 2.59 bits per heavy atom. The van der Waals surface area contributed by atoms with E-state index in [1.54, 1.807) is 6.08 Å². The van der Waals surface area contributed by atoms with Crippen molar-refractivity contribution in [2.75, 3.05) is 20.6 Å². The van der Waals surface area contributed by atoms with Crippen LogP contribution in [0, 0.1) is 5.41 Å². The van der Waals surface area contributed by atoms with Crippen LogP contribution >= 0.6 is 0 Å². The summed E-state index contributed by atoms with van der Waals surface area (Å²) in [4.78, 5) is 27.4. The van der Waals surface area contributed by atoms with E-state index in [1.165, 1.54) is 6.08 Å².